The fourth-order valence-electron chi connectivity index (χ4n) is 1.84. The molecule has 0 saturated heterocycles. The number of ether oxygens (including phenoxy) is 1. The van der Waals surface area contributed by atoms with E-state index < -0.39 is 0 Å². The third kappa shape index (κ3) is 3.54. The van der Waals surface area contributed by atoms with E-state index in [-0.39, 0.29) is 11.8 Å². The van der Waals surface area contributed by atoms with Gasteiger partial charge in [0, 0.05) is 17.5 Å². The molecule has 0 atom stereocenters. The second-order valence-electron chi connectivity index (χ2n) is 4.45. The monoisotopic (exact) mass is 268 g/mol. The fraction of sp³-hybridized carbons (Fsp3) is 0.176. The van der Waals surface area contributed by atoms with E-state index in [9.17, 15) is 9.59 Å². The summed E-state index contributed by atoms with van der Waals surface area (Å²) in [5, 5.41) is 0. The van der Waals surface area contributed by atoms with Crippen LogP contribution >= 0.6 is 0 Å². The predicted octanol–water partition coefficient (Wildman–Crippen LogP) is 3.62. The summed E-state index contributed by atoms with van der Waals surface area (Å²) < 4.78 is 5.19. The molecule has 0 saturated carbocycles. The molecule has 0 fully saturated rings. The normalized spacial score (nSPS) is 10.1. The van der Waals surface area contributed by atoms with Crippen LogP contribution in [0.4, 0.5) is 0 Å². The van der Waals surface area contributed by atoms with Crippen LogP contribution in [0.2, 0.25) is 0 Å². The van der Waals surface area contributed by atoms with Crippen molar-refractivity contribution in [3.63, 3.8) is 0 Å². The highest BCUT2D eigenvalue weighted by molar-refractivity contribution is 6.09. The van der Waals surface area contributed by atoms with Crippen LogP contribution in [0.15, 0.2) is 54.6 Å². The Bertz CT molecular complexity index is 603. The van der Waals surface area contributed by atoms with E-state index in [0.29, 0.717) is 23.3 Å². The number of benzene rings is 2. The Morgan fingerprint density at radius 2 is 1.65 bits per heavy atom. The summed E-state index contributed by atoms with van der Waals surface area (Å²) in [6, 6.07) is 15.7. The Morgan fingerprint density at radius 3 is 2.35 bits per heavy atom. The first-order valence-electron chi connectivity index (χ1n) is 6.61. The molecule has 0 spiro atoms. The van der Waals surface area contributed by atoms with E-state index in [2.05, 4.69) is 0 Å². The molecule has 0 N–H and O–H groups in total. The van der Waals surface area contributed by atoms with Gasteiger partial charge in [0.15, 0.2) is 5.78 Å². The summed E-state index contributed by atoms with van der Waals surface area (Å²) in [4.78, 5) is 23.7. The van der Waals surface area contributed by atoms with Gasteiger partial charge in [-0.3, -0.25) is 9.59 Å². The smallest absolute Gasteiger partial charge is 0.311 e. The van der Waals surface area contributed by atoms with Gasteiger partial charge in [0.2, 0.25) is 0 Å². The van der Waals surface area contributed by atoms with Crippen LogP contribution in [0.3, 0.4) is 0 Å². The lowest BCUT2D eigenvalue weighted by Crippen LogP contribution is -2.08. The first kappa shape index (κ1) is 14.0. The minimum atomic E-state index is -0.281. The van der Waals surface area contributed by atoms with Gasteiger partial charge in [0.1, 0.15) is 5.75 Å². The zero-order valence-corrected chi connectivity index (χ0v) is 11.3. The largest absolute Gasteiger partial charge is 0.427 e. The summed E-state index contributed by atoms with van der Waals surface area (Å²) in [7, 11) is 0. The van der Waals surface area contributed by atoms with Crippen LogP contribution < -0.4 is 4.74 Å². The van der Waals surface area contributed by atoms with Crippen LogP contribution in [0.25, 0.3) is 0 Å². The highest BCUT2D eigenvalue weighted by atomic mass is 16.5. The van der Waals surface area contributed by atoms with Crippen LogP contribution in [0.5, 0.6) is 5.75 Å². The molecule has 2 rings (SSSR count). The molecule has 0 radical (unpaired) electrons. The number of carbonyl (C=O) groups is 2. The Labute approximate surface area is 118 Å². The molecule has 0 aliphatic rings. The second kappa shape index (κ2) is 6.66. The van der Waals surface area contributed by atoms with E-state index in [1.54, 1.807) is 36.4 Å². The lowest BCUT2D eigenvalue weighted by Gasteiger charge is -2.06. The van der Waals surface area contributed by atoms with Crippen LogP contribution in [0.1, 0.15) is 35.7 Å². The average molecular weight is 268 g/mol. The van der Waals surface area contributed by atoms with Crippen LogP contribution in [-0.4, -0.2) is 11.8 Å². The summed E-state index contributed by atoms with van der Waals surface area (Å²) in [6.07, 6.45) is 1.11. The predicted molar refractivity (Wildman–Crippen MR) is 76.9 cm³/mol. The van der Waals surface area contributed by atoms with Gasteiger partial charge in [-0.15, -0.1) is 0 Å². The molecule has 0 aliphatic carbocycles. The second-order valence-corrected chi connectivity index (χ2v) is 4.45. The van der Waals surface area contributed by atoms with Crippen molar-refractivity contribution < 1.29 is 14.3 Å². The van der Waals surface area contributed by atoms with Crippen molar-refractivity contribution >= 4 is 11.8 Å². The van der Waals surface area contributed by atoms with Gasteiger partial charge in [0.05, 0.1) is 0 Å². The molecule has 2 aromatic rings. The van der Waals surface area contributed by atoms with Crippen molar-refractivity contribution in [2.75, 3.05) is 0 Å². The molecule has 0 heterocycles. The van der Waals surface area contributed by atoms with E-state index in [1.165, 1.54) is 0 Å². The highest BCUT2D eigenvalue weighted by Crippen LogP contribution is 2.17. The summed E-state index contributed by atoms with van der Waals surface area (Å²) in [5.74, 6) is 0.0426. The molecule has 20 heavy (non-hydrogen) atoms. The molecule has 0 bridgehead atoms. The topological polar surface area (TPSA) is 43.4 Å². The first-order valence-corrected chi connectivity index (χ1v) is 6.61. The van der Waals surface area contributed by atoms with Gasteiger partial charge in [-0.05, 0) is 18.6 Å². The quantitative estimate of drug-likeness (QED) is 0.472. The number of ketones is 1. The summed E-state index contributed by atoms with van der Waals surface area (Å²) in [5.41, 5.74) is 1.13. The van der Waals surface area contributed by atoms with Gasteiger partial charge in [-0.1, -0.05) is 49.4 Å². The first-order chi connectivity index (χ1) is 9.70. The van der Waals surface area contributed by atoms with Crippen molar-refractivity contribution in [1.82, 2.24) is 0 Å². The fourth-order valence-corrected chi connectivity index (χ4v) is 1.84. The molecule has 3 nitrogen and oxygen atoms in total. The minimum Gasteiger partial charge on any atom is -0.427 e. The average Bonchev–Trinajstić information content (AvgIpc) is 2.48. The minimum absolute atomic E-state index is 0.0843. The van der Waals surface area contributed by atoms with Gasteiger partial charge < -0.3 is 4.74 Å². The van der Waals surface area contributed by atoms with Crippen molar-refractivity contribution in [1.29, 1.82) is 0 Å². The Balaban J connectivity index is 2.18. The SMILES string of the molecule is CCCC(=O)Oc1cccc(C(=O)c2ccccc2)c1. The van der Waals surface area contributed by atoms with E-state index in [4.69, 9.17) is 4.74 Å². The lowest BCUT2D eigenvalue weighted by atomic mass is 10.0. The molecule has 3 heteroatoms. The maximum absolute atomic E-state index is 12.3. The van der Waals surface area contributed by atoms with Crippen molar-refractivity contribution in [2.24, 2.45) is 0 Å². The number of hydrogen-bond donors (Lipinski definition) is 0. The number of rotatable bonds is 5. The van der Waals surface area contributed by atoms with Gasteiger partial charge in [0.25, 0.3) is 0 Å². The van der Waals surface area contributed by atoms with Gasteiger partial charge in [-0.25, -0.2) is 0 Å². The summed E-state index contributed by atoms with van der Waals surface area (Å²) in [6.45, 7) is 1.91. The van der Waals surface area contributed by atoms with E-state index >= 15 is 0 Å². The number of esters is 1. The molecule has 0 unspecified atom stereocenters. The van der Waals surface area contributed by atoms with Crippen molar-refractivity contribution in [3.8, 4) is 5.75 Å². The van der Waals surface area contributed by atoms with E-state index in [0.717, 1.165) is 6.42 Å². The zero-order valence-electron chi connectivity index (χ0n) is 11.3. The molecule has 102 valence electrons. The van der Waals surface area contributed by atoms with Gasteiger partial charge in [-0.2, -0.15) is 0 Å². The number of hydrogen-bond acceptors (Lipinski definition) is 3. The Morgan fingerprint density at radius 1 is 0.950 bits per heavy atom. The third-order valence-corrected chi connectivity index (χ3v) is 2.82. The van der Waals surface area contributed by atoms with Crippen LogP contribution in [-0.2, 0) is 4.79 Å². The molecule has 0 amide bonds. The zero-order chi connectivity index (χ0) is 14.4. The maximum atomic E-state index is 12.3. The van der Waals surface area contributed by atoms with Crippen molar-refractivity contribution in [3.05, 3.63) is 65.7 Å². The Kier molecular flexibility index (Phi) is 4.66. The molecular weight excluding hydrogens is 252 g/mol. The summed E-state index contributed by atoms with van der Waals surface area (Å²) >= 11 is 0. The molecule has 0 aromatic heterocycles. The highest BCUT2D eigenvalue weighted by Gasteiger charge is 2.10. The third-order valence-electron chi connectivity index (χ3n) is 2.82. The molecular formula is C17H16O3. The molecule has 2 aromatic carbocycles. The van der Waals surface area contributed by atoms with Crippen molar-refractivity contribution in [2.45, 2.75) is 19.8 Å². The Hall–Kier alpha value is -2.42. The van der Waals surface area contributed by atoms with Gasteiger partial charge >= 0.3 is 5.97 Å². The molecule has 0 aliphatic heterocycles. The number of carbonyl (C=O) groups excluding carboxylic acids is 2. The van der Waals surface area contributed by atoms with Crippen LogP contribution in [0, 0.1) is 0 Å². The van der Waals surface area contributed by atoms with E-state index in [1.807, 2.05) is 25.1 Å². The standard InChI is InChI=1S/C17H16O3/c1-2-7-16(18)20-15-11-6-10-14(12-15)17(19)13-8-4-3-5-9-13/h3-6,8-12H,2,7H2,1H3. The maximum Gasteiger partial charge on any atom is 0.311 e. The lowest BCUT2D eigenvalue weighted by molar-refractivity contribution is -0.134.